The molecule has 1 saturated heterocycles. The first-order valence-electron chi connectivity index (χ1n) is 11.2. The van der Waals surface area contributed by atoms with Gasteiger partial charge in [0.2, 0.25) is 0 Å². The number of benzene rings is 3. The SMILES string of the molecule is COc1ccccc1NS(=O)(=O)c1ccc(C(=O)NCC2(c3cccc(F)c3)CCOCC2)cc1. The molecule has 3 aromatic carbocycles. The number of hydrogen-bond donors (Lipinski definition) is 2. The molecule has 35 heavy (non-hydrogen) atoms. The second-order valence-corrected chi connectivity index (χ2v) is 10.1. The summed E-state index contributed by atoms with van der Waals surface area (Å²) < 4.78 is 52.7. The van der Waals surface area contributed by atoms with Crippen LogP contribution in [-0.4, -0.2) is 41.2 Å². The van der Waals surface area contributed by atoms with Gasteiger partial charge in [-0.25, -0.2) is 12.8 Å². The highest BCUT2D eigenvalue weighted by Gasteiger charge is 2.35. The number of ether oxygens (including phenoxy) is 2. The average molecular weight is 499 g/mol. The quantitative estimate of drug-likeness (QED) is 0.488. The maximum atomic E-state index is 13.9. The van der Waals surface area contributed by atoms with Gasteiger partial charge < -0.3 is 14.8 Å². The summed E-state index contributed by atoms with van der Waals surface area (Å²) in [5.41, 5.74) is 1.03. The standard InChI is InChI=1S/C26H27FN2O5S/c1-33-24-8-3-2-7-23(24)29-35(31,32)22-11-9-19(10-12-22)25(30)28-18-26(13-15-34-16-14-26)20-5-4-6-21(27)17-20/h2-12,17,29H,13-16,18H2,1H3,(H,28,30). The number of methoxy groups -OCH3 is 1. The van der Waals surface area contributed by atoms with Crippen molar-refractivity contribution in [3.8, 4) is 5.75 Å². The molecule has 1 heterocycles. The first-order valence-corrected chi connectivity index (χ1v) is 12.7. The molecule has 9 heteroatoms. The zero-order valence-electron chi connectivity index (χ0n) is 19.3. The minimum atomic E-state index is -3.88. The van der Waals surface area contributed by atoms with E-state index in [9.17, 15) is 17.6 Å². The molecule has 3 aromatic rings. The zero-order chi connectivity index (χ0) is 24.9. The van der Waals surface area contributed by atoms with Crippen LogP contribution in [-0.2, 0) is 20.2 Å². The number of rotatable bonds is 8. The predicted molar refractivity (Wildman–Crippen MR) is 131 cm³/mol. The summed E-state index contributed by atoms with van der Waals surface area (Å²) in [6.45, 7) is 1.37. The third-order valence-electron chi connectivity index (χ3n) is 6.25. The van der Waals surface area contributed by atoms with Crippen molar-refractivity contribution in [3.63, 3.8) is 0 Å². The van der Waals surface area contributed by atoms with Crippen LogP contribution in [0.5, 0.6) is 5.75 Å². The van der Waals surface area contributed by atoms with Gasteiger partial charge in [0, 0.05) is 30.7 Å². The van der Waals surface area contributed by atoms with Crippen molar-refractivity contribution in [1.29, 1.82) is 0 Å². The van der Waals surface area contributed by atoms with Crippen LogP contribution in [0, 0.1) is 5.82 Å². The number of sulfonamides is 1. The van der Waals surface area contributed by atoms with Crippen molar-refractivity contribution < 1.29 is 27.1 Å². The lowest BCUT2D eigenvalue weighted by molar-refractivity contribution is 0.0486. The van der Waals surface area contributed by atoms with E-state index in [1.54, 1.807) is 30.3 Å². The number of hydrogen-bond acceptors (Lipinski definition) is 5. The van der Waals surface area contributed by atoms with Crippen LogP contribution < -0.4 is 14.8 Å². The van der Waals surface area contributed by atoms with Crippen molar-refractivity contribution in [3.05, 3.63) is 89.7 Å². The van der Waals surface area contributed by atoms with Crippen LogP contribution in [0.25, 0.3) is 0 Å². The molecule has 0 unspecified atom stereocenters. The summed E-state index contributed by atoms with van der Waals surface area (Å²) >= 11 is 0. The van der Waals surface area contributed by atoms with Gasteiger partial charge in [0.05, 0.1) is 17.7 Å². The number of halogens is 1. The number of carbonyl (C=O) groups excluding carboxylic acids is 1. The normalized spacial score (nSPS) is 15.3. The molecule has 1 aliphatic rings. The maximum Gasteiger partial charge on any atom is 0.262 e. The third kappa shape index (κ3) is 5.63. The van der Waals surface area contributed by atoms with Gasteiger partial charge in [-0.05, 0) is 66.9 Å². The summed E-state index contributed by atoms with van der Waals surface area (Å²) in [5.74, 6) is -0.264. The fourth-order valence-corrected chi connectivity index (χ4v) is 5.29. The van der Waals surface area contributed by atoms with Crippen LogP contribution in [0.1, 0.15) is 28.8 Å². The van der Waals surface area contributed by atoms with Gasteiger partial charge in [-0.15, -0.1) is 0 Å². The molecule has 0 radical (unpaired) electrons. The maximum absolute atomic E-state index is 13.9. The first-order chi connectivity index (χ1) is 16.8. The number of para-hydroxylation sites is 2. The van der Waals surface area contributed by atoms with E-state index in [-0.39, 0.29) is 16.6 Å². The summed E-state index contributed by atoms with van der Waals surface area (Å²) in [7, 11) is -2.42. The Bertz CT molecular complexity index is 1290. The van der Waals surface area contributed by atoms with E-state index in [0.29, 0.717) is 49.6 Å². The van der Waals surface area contributed by atoms with Crippen LogP contribution in [0.15, 0.2) is 77.7 Å². The fourth-order valence-electron chi connectivity index (χ4n) is 4.22. The number of carbonyl (C=O) groups is 1. The summed E-state index contributed by atoms with van der Waals surface area (Å²) in [4.78, 5) is 12.9. The second kappa shape index (κ2) is 10.5. The Morgan fingerprint density at radius 2 is 1.74 bits per heavy atom. The highest BCUT2D eigenvalue weighted by Crippen LogP contribution is 2.34. The molecule has 0 spiro atoms. The topological polar surface area (TPSA) is 93.7 Å². The van der Waals surface area contributed by atoms with E-state index in [1.165, 1.54) is 43.5 Å². The fraction of sp³-hybridized carbons (Fsp3) is 0.269. The van der Waals surface area contributed by atoms with E-state index in [0.717, 1.165) is 5.56 Å². The molecule has 1 aliphatic heterocycles. The zero-order valence-corrected chi connectivity index (χ0v) is 20.1. The molecule has 0 aromatic heterocycles. The summed E-state index contributed by atoms with van der Waals surface area (Å²) in [5, 5.41) is 2.94. The molecule has 0 aliphatic carbocycles. The Labute approximate surface area is 204 Å². The van der Waals surface area contributed by atoms with Crippen molar-refractivity contribution in [2.24, 2.45) is 0 Å². The van der Waals surface area contributed by atoms with Gasteiger partial charge in [0.25, 0.3) is 15.9 Å². The van der Waals surface area contributed by atoms with E-state index in [2.05, 4.69) is 10.0 Å². The Morgan fingerprint density at radius 3 is 2.43 bits per heavy atom. The molecule has 1 fully saturated rings. The summed E-state index contributed by atoms with van der Waals surface area (Å²) in [6.07, 6.45) is 1.31. The lowest BCUT2D eigenvalue weighted by atomic mass is 9.74. The lowest BCUT2D eigenvalue weighted by Gasteiger charge is -2.38. The van der Waals surface area contributed by atoms with E-state index < -0.39 is 15.4 Å². The molecule has 0 atom stereocenters. The van der Waals surface area contributed by atoms with Gasteiger partial charge in [-0.1, -0.05) is 24.3 Å². The van der Waals surface area contributed by atoms with Crippen LogP contribution in [0.2, 0.25) is 0 Å². The van der Waals surface area contributed by atoms with E-state index >= 15 is 0 Å². The predicted octanol–water partition coefficient (Wildman–Crippen LogP) is 4.11. The highest BCUT2D eigenvalue weighted by molar-refractivity contribution is 7.92. The smallest absolute Gasteiger partial charge is 0.262 e. The van der Waals surface area contributed by atoms with E-state index in [4.69, 9.17) is 9.47 Å². The lowest BCUT2D eigenvalue weighted by Crippen LogP contribution is -2.44. The van der Waals surface area contributed by atoms with E-state index in [1.807, 2.05) is 6.07 Å². The molecule has 0 saturated carbocycles. The highest BCUT2D eigenvalue weighted by atomic mass is 32.2. The molecule has 2 N–H and O–H groups in total. The molecule has 4 rings (SSSR count). The summed E-state index contributed by atoms with van der Waals surface area (Å²) in [6, 6.07) is 18.8. The second-order valence-electron chi connectivity index (χ2n) is 8.42. The molecule has 184 valence electrons. The number of nitrogens with one attached hydrogen (secondary N) is 2. The van der Waals surface area contributed by atoms with Crippen molar-refractivity contribution in [1.82, 2.24) is 5.32 Å². The molecule has 0 bridgehead atoms. The minimum absolute atomic E-state index is 0.0145. The molecule has 1 amide bonds. The first kappa shape index (κ1) is 24.7. The molecular formula is C26H27FN2O5S. The Kier molecular flexibility index (Phi) is 7.37. The van der Waals surface area contributed by atoms with Crippen molar-refractivity contribution in [2.75, 3.05) is 31.6 Å². The average Bonchev–Trinajstić information content (AvgIpc) is 2.88. The monoisotopic (exact) mass is 498 g/mol. The Balaban J connectivity index is 1.46. The van der Waals surface area contributed by atoms with Crippen LogP contribution in [0.4, 0.5) is 10.1 Å². The van der Waals surface area contributed by atoms with Crippen LogP contribution in [0.3, 0.4) is 0 Å². The Hall–Kier alpha value is -3.43. The van der Waals surface area contributed by atoms with Gasteiger partial charge >= 0.3 is 0 Å². The largest absolute Gasteiger partial charge is 0.495 e. The number of amides is 1. The van der Waals surface area contributed by atoms with Crippen LogP contribution >= 0.6 is 0 Å². The van der Waals surface area contributed by atoms with Gasteiger partial charge in [-0.2, -0.15) is 0 Å². The Morgan fingerprint density at radius 1 is 1.03 bits per heavy atom. The molecule has 7 nitrogen and oxygen atoms in total. The van der Waals surface area contributed by atoms with Gasteiger partial charge in [-0.3, -0.25) is 9.52 Å². The molecular weight excluding hydrogens is 471 g/mol. The van der Waals surface area contributed by atoms with Gasteiger partial charge in [0.1, 0.15) is 11.6 Å². The van der Waals surface area contributed by atoms with Gasteiger partial charge in [0.15, 0.2) is 0 Å². The van der Waals surface area contributed by atoms with Crippen molar-refractivity contribution in [2.45, 2.75) is 23.2 Å². The minimum Gasteiger partial charge on any atom is -0.495 e. The number of anilines is 1. The van der Waals surface area contributed by atoms with Crippen molar-refractivity contribution >= 4 is 21.6 Å². The third-order valence-corrected chi connectivity index (χ3v) is 7.63.